The van der Waals surface area contributed by atoms with E-state index in [1.54, 1.807) is 0 Å². The quantitative estimate of drug-likeness (QED) is 0.214. The Kier molecular flexibility index (Phi) is 3.64. The number of rotatable bonds is 1. The molecule has 0 spiro atoms. The van der Waals surface area contributed by atoms with Gasteiger partial charge in [-0.15, -0.1) is 0 Å². The molecule has 0 aromatic heterocycles. The molecule has 0 fully saturated rings. The van der Waals surface area contributed by atoms with Gasteiger partial charge in [0.25, 0.3) is 0 Å². The summed E-state index contributed by atoms with van der Waals surface area (Å²) < 4.78 is 0. The molecule has 0 aliphatic heterocycles. The zero-order chi connectivity index (χ0) is 24.4. The van der Waals surface area contributed by atoms with E-state index in [0.717, 1.165) is 0 Å². The second-order valence-electron chi connectivity index (χ2n) is 11.8. The lowest BCUT2D eigenvalue weighted by atomic mass is 9.69. The van der Waals surface area contributed by atoms with Crippen molar-refractivity contribution in [2.45, 2.75) is 38.5 Å². The summed E-state index contributed by atoms with van der Waals surface area (Å²) in [6.45, 7) is 9.50. The molecule has 36 heavy (non-hydrogen) atoms. The average Bonchev–Trinajstić information content (AvgIpc) is 3.12. The molecule has 0 nitrogen and oxygen atoms in total. The van der Waals surface area contributed by atoms with Crippen LogP contribution in [0.3, 0.4) is 0 Å². The van der Waals surface area contributed by atoms with Gasteiger partial charge in [0.15, 0.2) is 0 Å². The SMILES string of the molecule is CC1(C)c2ccccc2-c2ccc(-c3cc4cccc5c4c4c3ccc3cccc(c34)C5(C)C)cc21. The van der Waals surface area contributed by atoms with Crippen LogP contribution in [0.1, 0.15) is 49.9 Å². The minimum atomic E-state index is -0.0226. The van der Waals surface area contributed by atoms with E-state index >= 15 is 0 Å². The molecular formula is C36H28. The van der Waals surface area contributed by atoms with Gasteiger partial charge in [0.2, 0.25) is 0 Å². The van der Waals surface area contributed by atoms with Crippen molar-refractivity contribution in [3.05, 3.63) is 119 Å². The van der Waals surface area contributed by atoms with Gasteiger partial charge in [-0.2, -0.15) is 0 Å². The van der Waals surface area contributed by atoms with E-state index in [9.17, 15) is 0 Å². The summed E-state index contributed by atoms with van der Waals surface area (Å²) in [5.74, 6) is 0. The molecule has 2 aliphatic carbocycles. The van der Waals surface area contributed by atoms with Gasteiger partial charge in [-0.05, 0) is 89.0 Å². The Balaban J connectivity index is 1.50. The maximum atomic E-state index is 2.46. The number of hydrogen-bond acceptors (Lipinski definition) is 0. The van der Waals surface area contributed by atoms with E-state index in [2.05, 4.69) is 125 Å². The van der Waals surface area contributed by atoms with E-state index in [1.807, 2.05) is 0 Å². The fourth-order valence-corrected chi connectivity index (χ4v) is 7.36. The molecule has 0 saturated carbocycles. The second-order valence-corrected chi connectivity index (χ2v) is 11.8. The third kappa shape index (κ3) is 2.31. The van der Waals surface area contributed by atoms with Crippen LogP contribution in [0.2, 0.25) is 0 Å². The second kappa shape index (κ2) is 6.45. The molecular weight excluding hydrogens is 432 g/mol. The fraction of sp³-hybridized carbons (Fsp3) is 0.167. The van der Waals surface area contributed by atoms with Crippen LogP contribution < -0.4 is 0 Å². The predicted octanol–water partition coefficient (Wildman–Crippen LogP) is 9.76. The summed E-state index contributed by atoms with van der Waals surface area (Å²) in [6.07, 6.45) is 0. The first kappa shape index (κ1) is 20.3. The zero-order valence-electron chi connectivity index (χ0n) is 21.2. The number of hydrogen-bond donors (Lipinski definition) is 0. The van der Waals surface area contributed by atoms with Gasteiger partial charge in [-0.1, -0.05) is 113 Å². The highest BCUT2D eigenvalue weighted by atomic mass is 14.4. The van der Waals surface area contributed by atoms with Crippen molar-refractivity contribution in [2.24, 2.45) is 0 Å². The van der Waals surface area contributed by atoms with Crippen LogP contribution in [0.15, 0.2) is 97.1 Å². The smallest absolute Gasteiger partial charge is 0.0159 e. The summed E-state index contributed by atoms with van der Waals surface area (Å²) in [5, 5.41) is 8.32. The van der Waals surface area contributed by atoms with Crippen molar-refractivity contribution in [3.63, 3.8) is 0 Å². The zero-order valence-corrected chi connectivity index (χ0v) is 21.2. The van der Waals surface area contributed by atoms with Gasteiger partial charge in [-0.25, -0.2) is 0 Å². The van der Waals surface area contributed by atoms with Gasteiger partial charge in [0, 0.05) is 10.8 Å². The van der Waals surface area contributed by atoms with Crippen molar-refractivity contribution < 1.29 is 0 Å². The summed E-state index contributed by atoms with van der Waals surface area (Å²) in [4.78, 5) is 0. The summed E-state index contributed by atoms with van der Waals surface area (Å²) >= 11 is 0. The monoisotopic (exact) mass is 460 g/mol. The third-order valence-corrected chi connectivity index (χ3v) is 9.22. The highest BCUT2D eigenvalue weighted by Crippen LogP contribution is 2.52. The lowest BCUT2D eigenvalue weighted by Crippen LogP contribution is -2.22. The molecule has 0 N–H and O–H groups in total. The molecule has 172 valence electrons. The minimum absolute atomic E-state index is 0.00289. The topological polar surface area (TPSA) is 0 Å². The van der Waals surface area contributed by atoms with E-state index < -0.39 is 0 Å². The summed E-state index contributed by atoms with van der Waals surface area (Å²) in [7, 11) is 0. The summed E-state index contributed by atoms with van der Waals surface area (Å²) in [6, 6.07) is 36.9. The molecule has 0 saturated heterocycles. The van der Waals surface area contributed by atoms with E-state index in [1.165, 1.54) is 76.8 Å². The van der Waals surface area contributed by atoms with Crippen LogP contribution in [0.25, 0.3) is 54.6 Å². The van der Waals surface area contributed by atoms with Gasteiger partial charge in [0.05, 0.1) is 0 Å². The number of fused-ring (bicyclic) bond motifs is 3. The first-order chi connectivity index (χ1) is 17.4. The third-order valence-electron chi connectivity index (χ3n) is 9.22. The molecule has 8 rings (SSSR count). The van der Waals surface area contributed by atoms with E-state index in [0.29, 0.717) is 0 Å². The van der Waals surface area contributed by atoms with Crippen LogP contribution in [0, 0.1) is 0 Å². The molecule has 0 atom stereocenters. The largest absolute Gasteiger partial charge is 0.0619 e. The van der Waals surface area contributed by atoms with Gasteiger partial charge in [0.1, 0.15) is 0 Å². The Bertz CT molecular complexity index is 1900. The molecule has 0 heterocycles. The van der Waals surface area contributed by atoms with Crippen molar-refractivity contribution in [1.82, 2.24) is 0 Å². The van der Waals surface area contributed by atoms with Crippen molar-refractivity contribution in [2.75, 3.05) is 0 Å². The van der Waals surface area contributed by atoms with E-state index in [-0.39, 0.29) is 10.8 Å². The molecule has 0 radical (unpaired) electrons. The first-order valence-electron chi connectivity index (χ1n) is 13.0. The Morgan fingerprint density at radius 2 is 1.06 bits per heavy atom. The lowest BCUT2D eigenvalue weighted by Gasteiger charge is -2.34. The highest BCUT2D eigenvalue weighted by molar-refractivity contribution is 6.27. The Morgan fingerprint density at radius 1 is 0.417 bits per heavy atom. The van der Waals surface area contributed by atoms with Gasteiger partial charge >= 0.3 is 0 Å². The maximum absolute atomic E-state index is 2.46. The number of benzene rings is 6. The molecule has 2 aliphatic rings. The van der Waals surface area contributed by atoms with E-state index in [4.69, 9.17) is 0 Å². The molecule has 6 aromatic carbocycles. The normalized spacial score (nSPS) is 16.2. The van der Waals surface area contributed by atoms with Crippen LogP contribution in [-0.4, -0.2) is 0 Å². The Morgan fingerprint density at radius 3 is 1.86 bits per heavy atom. The molecule has 6 aromatic rings. The lowest BCUT2D eigenvalue weighted by molar-refractivity contribution is 0.652. The standard InChI is InChI=1S/C36H28/c1-35(2)28-12-6-5-11-24(28)25-17-16-22(20-31(25)35)27-19-23-10-8-14-30-33(23)34-26(27)18-15-21-9-7-13-29(32(21)34)36(30,3)4/h5-20H,1-4H3. The van der Waals surface area contributed by atoms with Gasteiger partial charge < -0.3 is 0 Å². The van der Waals surface area contributed by atoms with Crippen molar-refractivity contribution in [1.29, 1.82) is 0 Å². The van der Waals surface area contributed by atoms with Crippen LogP contribution in [-0.2, 0) is 10.8 Å². The molecule has 0 unspecified atom stereocenters. The maximum Gasteiger partial charge on any atom is 0.0159 e. The Hall–Kier alpha value is -3.90. The fourth-order valence-electron chi connectivity index (χ4n) is 7.36. The van der Waals surface area contributed by atoms with Crippen molar-refractivity contribution in [3.8, 4) is 22.3 Å². The average molecular weight is 461 g/mol. The predicted molar refractivity (Wildman–Crippen MR) is 154 cm³/mol. The summed E-state index contributed by atoms with van der Waals surface area (Å²) in [5.41, 5.74) is 11.1. The van der Waals surface area contributed by atoms with Crippen LogP contribution in [0.5, 0.6) is 0 Å². The molecule has 0 amide bonds. The van der Waals surface area contributed by atoms with Gasteiger partial charge in [-0.3, -0.25) is 0 Å². The minimum Gasteiger partial charge on any atom is -0.0619 e. The van der Waals surface area contributed by atoms with Crippen molar-refractivity contribution >= 4 is 32.3 Å². The first-order valence-corrected chi connectivity index (χ1v) is 13.0. The molecule has 0 heteroatoms. The van der Waals surface area contributed by atoms with Crippen LogP contribution in [0.4, 0.5) is 0 Å². The Labute approximate surface area is 212 Å². The van der Waals surface area contributed by atoms with Crippen LogP contribution >= 0.6 is 0 Å². The molecule has 0 bridgehead atoms. The highest BCUT2D eigenvalue weighted by Gasteiger charge is 2.36.